The van der Waals surface area contributed by atoms with E-state index in [-0.39, 0.29) is 0 Å². The molecule has 1 aliphatic rings. The summed E-state index contributed by atoms with van der Waals surface area (Å²) in [5.41, 5.74) is 5.69. The molecular weight excluding hydrogens is 244 g/mol. The average Bonchev–Trinajstić information content (AvgIpc) is 2.31. The zero-order valence-corrected chi connectivity index (χ0v) is 14.0. The van der Waals surface area contributed by atoms with Gasteiger partial charge in [-0.1, -0.05) is 24.6 Å². The zero-order chi connectivity index (χ0) is 14.9. The van der Waals surface area contributed by atoms with Gasteiger partial charge in [0, 0.05) is 18.6 Å². The van der Waals surface area contributed by atoms with E-state index < -0.39 is 0 Å². The summed E-state index contributed by atoms with van der Waals surface area (Å²) in [5, 5.41) is 3.88. The van der Waals surface area contributed by atoms with Gasteiger partial charge in [-0.3, -0.25) is 0 Å². The predicted octanol–water partition coefficient (Wildman–Crippen LogP) is 3.60. The topological polar surface area (TPSA) is 15.3 Å². The molecular formula is C18H30N2. The maximum atomic E-state index is 3.88. The zero-order valence-electron chi connectivity index (χ0n) is 14.0. The Bertz CT molecular complexity index is 443. The molecule has 3 atom stereocenters. The molecule has 0 spiro atoms. The summed E-state index contributed by atoms with van der Waals surface area (Å²) in [4.78, 5) is 2.44. The molecule has 0 aromatic heterocycles. The minimum Gasteiger partial charge on any atom is -0.307 e. The molecule has 1 aromatic rings. The van der Waals surface area contributed by atoms with E-state index in [1.165, 1.54) is 41.8 Å². The van der Waals surface area contributed by atoms with Crippen LogP contribution in [0.1, 0.15) is 48.6 Å². The van der Waals surface area contributed by atoms with Gasteiger partial charge in [0.25, 0.3) is 0 Å². The number of nitrogens with one attached hydrogen (secondary N) is 1. The van der Waals surface area contributed by atoms with E-state index in [2.05, 4.69) is 64.0 Å². The smallest absolute Gasteiger partial charge is 0.0299 e. The van der Waals surface area contributed by atoms with Gasteiger partial charge < -0.3 is 10.2 Å². The second-order valence-corrected chi connectivity index (χ2v) is 6.84. The Hall–Kier alpha value is -0.860. The van der Waals surface area contributed by atoms with Crippen LogP contribution in [-0.4, -0.2) is 31.1 Å². The number of nitrogens with zero attached hydrogens (tertiary/aromatic N) is 1. The molecule has 1 saturated heterocycles. The quantitative estimate of drug-likeness (QED) is 0.906. The van der Waals surface area contributed by atoms with Gasteiger partial charge in [0.05, 0.1) is 0 Å². The van der Waals surface area contributed by atoms with Gasteiger partial charge >= 0.3 is 0 Å². The summed E-state index contributed by atoms with van der Waals surface area (Å²) in [6, 6.07) is 5.68. The number of aryl methyl sites for hydroxylation is 3. The normalized spacial score (nSPS) is 25.7. The number of benzene rings is 1. The Kier molecular flexibility index (Phi) is 4.87. The second-order valence-electron chi connectivity index (χ2n) is 6.84. The van der Waals surface area contributed by atoms with E-state index in [1.807, 2.05) is 0 Å². The lowest BCUT2D eigenvalue weighted by molar-refractivity contribution is 0.167. The molecule has 0 bridgehead atoms. The Morgan fingerprint density at radius 3 is 2.35 bits per heavy atom. The van der Waals surface area contributed by atoms with E-state index in [1.54, 1.807) is 0 Å². The van der Waals surface area contributed by atoms with Crippen LogP contribution in [0.4, 0.5) is 0 Å². The van der Waals surface area contributed by atoms with Crippen LogP contribution in [0.25, 0.3) is 0 Å². The first-order valence-corrected chi connectivity index (χ1v) is 7.90. The first-order valence-electron chi connectivity index (χ1n) is 7.90. The van der Waals surface area contributed by atoms with Crippen LogP contribution in [0.5, 0.6) is 0 Å². The van der Waals surface area contributed by atoms with Crippen molar-refractivity contribution in [2.45, 2.75) is 53.1 Å². The molecule has 2 nitrogen and oxygen atoms in total. The lowest BCUT2D eigenvalue weighted by atomic mass is 9.90. The van der Waals surface area contributed by atoms with Crippen molar-refractivity contribution < 1.29 is 0 Å². The first kappa shape index (κ1) is 15.5. The molecule has 1 fully saturated rings. The van der Waals surface area contributed by atoms with E-state index in [0.717, 1.165) is 5.92 Å². The largest absolute Gasteiger partial charge is 0.307 e. The first-order chi connectivity index (χ1) is 9.38. The molecule has 1 N–H and O–H groups in total. The summed E-state index contributed by atoms with van der Waals surface area (Å²) in [7, 11) is 2.23. The van der Waals surface area contributed by atoms with E-state index in [0.29, 0.717) is 12.1 Å². The van der Waals surface area contributed by atoms with Crippen LogP contribution in [0, 0.1) is 26.7 Å². The van der Waals surface area contributed by atoms with Crippen LogP contribution in [0.3, 0.4) is 0 Å². The molecule has 112 valence electrons. The fourth-order valence-electron chi connectivity index (χ4n) is 3.88. The summed E-state index contributed by atoms with van der Waals surface area (Å²) in [6.07, 6.45) is 1.26. The predicted molar refractivity (Wildman–Crippen MR) is 87.3 cm³/mol. The number of piperidine rings is 1. The van der Waals surface area contributed by atoms with Crippen LogP contribution < -0.4 is 5.32 Å². The highest BCUT2D eigenvalue weighted by Gasteiger charge is 2.26. The van der Waals surface area contributed by atoms with Crippen LogP contribution in [0.2, 0.25) is 0 Å². The Morgan fingerprint density at radius 1 is 1.20 bits per heavy atom. The average molecular weight is 274 g/mol. The molecule has 0 amide bonds. The summed E-state index contributed by atoms with van der Waals surface area (Å²) in [5.74, 6) is 0.724. The lowest BCUT2D eigenvalue weighted by Gasteiger charge is -2.37. The Balaban J connectivity index is 2.10. The summed E-state index contributed by atoms with van der Waals surface area (Å²) in [6.45, 7) is 13.8. The molecule has 1 aromatic carbocycles. The summed E-state index contributed by atoms with van der Waals surface area (Å²) < 4.78 is 0. The highest BCUT2D eigenvalue weighted by Crippen LogP contribution is 2.26. The van der Waals surface area contributed by atoms with E-state index in [9.17, 15) is 0 Å². The fraction of sp³-hybridized carbons (Fsp3) is 0.667. The molecule has 3 unspecified atom stereocenters. The van der Waals surface area contributed by atoms with Gasteiger partial charge in [0.2, 0.25) is 0 Å². The van der Waals surface area contributed by atoms with Crippen molar-refractivity contribution in [1.82, 2.24) is 10.2 Å². The van der Waals surface area contributed by atoms with Crippen LogP contribution >= 0.6 is 0 Å². The van der Waals surface area contributed by atoms with Gasteiger partial charge in [-0.15, -0.1) is 0 Å². The standard InChI is InChI=1S/C18H30N2/c1-12-9-13(2)18(14(3)10-12)16(5)19-17-7-8-20(6)11-15(17)4/h9-10,15-17,19H,7-8,11H2,1-6H3. The maximum Gasteiger partial charge on any atom is 0.0299 e. The molecule has 1 aliphatic heterocycles. The van der Waals surface area contributed by atoms with Crippen molar-refractivity contribution in [2.24, 2.45) is 5.92 Å². The minimum atomic E-state index is 0.437. The second kappa shape index (κ2) is 6.28. The highest BCUT2D eigenvalue weighted by molar-refractivity contribution is 5.39. The molecule has 2 heteroatoms. The van der Waals surface area contributed by atoms with Crippen LogP contribution in [-0.2, 0) is 0 Å². The van der Waals surface area contributed by atoms with E-state index in [4.69, 9.17) is 0 Å². The van der Waals surface area contributed by atoms with Gasteiger partial charge in [-0.2, -0.15) is 0 Å². The van der Waals surface area contributed by atoms with Gasteiger partial charge in [0.15, 0.2) is 0 Å². The maximum absolute atomic E-state index is 3.88. The lowest BCUT2D eigenvalue weighted by Crippen LogP contribution is -2.47. The highest BCUT2D eigenvalue weighted by atomic mass is 15.1. The third kappa shape index (κ3) is 3.42. The van der Waals surface area contributed by atoms with Crippen molar-refractivity contribution in [3.05, 3.63) is 34.4 Å². The molecule has 20 heavy (non-hydrogen) atoms. The van der Waals surface area contributed by atoms with Crippen molar-refractivity contribution in [1.29, 1.82) is 0 Å². The van der Waals surface area contributed by atoms with Gasteiger partial charge in [0.1, 0.15) is 0 Å². The van der Waals surface area contributed by atoms with Crippen LogP contribution in [0.15, 0.2) is 12.1 Å². The number of likely N-dealkylation sites (tertiary alicyclic amines) is 1. The summed E-state index contributed by atoms with van der Waals surface area (Å²) >= 11 is 0. The van der Waals surface area contributed by atoms with Gasteiger partial charge in [-0.25, -0.2) is 0 Å². The Labute approximate surface area is 124 Å². The number of hydrogen-bond donors (Lipinski definition) is 1. The van der Waals surface area contributed by atoms with Crippen molar-refractivity contribution in [3.63, 3.8) is 0 Å². The van der Waals surface area contributed by atoms with E-state index >= 15 is 0 Å². The third-order valence-corrected chi connectivity index (χ3v) is 4.74. The minimum absolute atomic E-state index is 0.437. The van der Waals surface area contributed by atoms with Crippen molar-refractivity contribution >= 4 is 0 Å². The third-order valence-electron chi connectivity index (χ3n) is 4.74. The fourth-order valence-corrected chi connectivity index (χ4v) is 3.88. The molecule has 0 radical (unpaired) electrons. The molecule has 1 heterocycles. The number of hydrogen-bond acceptors (Lipinski definition) is 2. The molecule has 0 saturated carbocycles. The monoisotopic (exact) mass is 274 g/mol. The molecule has 0 aliphatic carbocycles. The number of rotatable bonds is 3. The van der Waals surface area contributed by atoms with Gasteiger partial charge in [-0.05, 0) is 70.3 Å². The SMILES string of the molecule is Cc1cc(C)c(C(C)NC2CCN(C)CC2C)c(C)c1. The Morgan fingerprint density at radius 2 is 1.80 bits per heavy atom. The van der Waals surface area contributed by atoms with Crippen molar-refractivity contribution in [2.75, 3.05) is 20.1 Å². The van der Waals surface area contributed by atoms with Crippen molar-refractivity contribution in [3.8, 4) is 0 Å². The molecule has 2 rings (SSSR count).